The summed E-state index contributed by atoms with van der Waals surface area (Å²) in [5.41, 5.74) is 4.26. The molecule has 3 aromatic rings. The Bertz CT molecular complexity index is 1070. The Morgan fingerprint density at radius 1 is 1.28 bits per heavy atom. The van der Waals surface area contributed by atoms with E-state index in [1.807, 2.05) is 18.2 Å². The number of carboxylic acids is 1. The fourth-order valence-electron chi connectivity index (χ4n) is 3.66. The van der Waals surface area contributed by atoms with Gasteiger partial charge in [0.05, 0.1) is 17.4 Å². The standard InChI is InChI=1S/C22H19ClFN3O2/c23-15-2-4-16(19(24)10-15)13-1-3-17-14(9-13)5-8-26-21(17)12-27-20-11-25-7-6-18(20)22(28)29/h1-4,6-7,9-11,21,26-27H,5,8,12H2,(H,28,29). The zero-order valence-electron chi connectivity index (χ0n) is 15.5. The number of pyridine rings is 1. The number of fused-ring (bicyclic) bond motifs is 1. The first-order valence-corrected chi connectivity index (χ1v) is 9.63. The van der Waals surface area contributed by atoms with Crippen molar-refractivity contribution >= 4 is 23.3 Å². The first kappa shape index (κ1) is 19.4. The Labute approximate surface area is 172 Å². The quantitative estimate of drug-likeness (QED) is 0.574. The van der Waals surface area contributed by atoms with Gasteiger partial charge in [-0.1, -0.05) is 29.8 Å². The second-order valence-electron chi connectivity index (χ2n) is 6.90. The van der Waals surface area contributed by atoms with Crippen molar-refractivity contribution in [3.05, 3.63) is 82.4 Å². The number of hydrogen-bond acceptors (Lipinski definition) is 4. The van der Waals surface area contributed by atoms with Gasteiger partial charge in [0.2, 0.25) is 0 Å². The highest BCUT2D eigenvalue weighted by Gasteiger charge is 2.21. The number of rotatable bonds is 5. The number of halogens is 2. The fraction of sp³-hybridized carbons (Fsp3) is 0.182. The van der Waals surface area contributed by atoms with Gasteiger partial charge in [0.15, 0.2) is 0 Å². The fourth-order valence-corrected chi connectivity index (χ4v) is 3.82. The van der Waals surface area contributed by atoms with E-state index in [1.54, 1.807) is 12.1 Å². The molecule has 1 atom stereocenters. The second-order valence-corrected chi connectivity index (χ2v) is 7.34. The number of carboxylic acid groups (broad SMARTS) is 1. The Morgan fingerprint density at radius 2 is 2.14 bits per heavy atom. The van der Waals surface area contributed by atoms with Crippen LogP contribution in [0.4, 0.5) is 10.1 Å². The summed E-state index contributed by atoms with van der Waals surface area (Å²) >= 11 is 5.86. The lowest BCUT2D eigenvalue weighted by Crippen LogP contribution is -2.34. The number of nitrogens with one attached hydrogen (secondary N) is 2. The molecule has 2 heterocycles. The van der Waals surface area contributed by atoms with Crippen LogP contribution in [0.5, 0.6) is 0 Å². The molecular formula is C22H19ClFN3O2. The van der Waals surface area contributed by atoms with E-state index in [9.17, 15) is 14.3 Å². The molecule has 1 aliphatic rings. The number of benzene rings is 2. The molecule has 0 saturated heterocycles. The lowest BCUT2D eigenvalue weighted by atomic mass is 9.90. The molecule has 1 aromatic heterocycles. The van der Waals surface area contributed by atoms with Crippen molar-refractivity contribution in [3.63, 3.8) is 0 Å². The van der Waals surface area contributed by atoms with Crippen LogP contribution in [0.25, 0.3) is 11.1 Å². The number of aromatic carboxylic acids is 1. The Balaban J connectivity index is 1.57. The third-order valence-electron chi connectivity index (χ3n) is 5.09. The smallest absolute Gasteiger partial charge is 0.337 e. The highest BCUT2D eigenvalue weighted by atomic mass is 35.5. The van der Waals surface area contributed by atoms with Crippen LogP contribution in [0.2, 0.25) is 5.02 Å². The molecule has 0 bridgehead atoms. The van der Waals surface area contributed by atoms with Crippen LogP contribution >= 0.6 is 11.6 Å². The van der Waals surface area contributed by atoms with Crippen LogP contribution in [0.1, 0.15) is 27.5 Å². The molecule has 7 heteroatoms. The van der Waals surface area contributed by atoms with E-state index in [0.717, 1.165) is 29.7 Å². The average Bonchev–Trinajstić information content (AvgIpc) is 2.72. The van der Waals surface area contributed by atoms with Gasteiger partial charge in [0.25, 0.3) is 0 Å². The summed E-state index contributed by atoms with van der Waals surface area (Å²) in [6, 6.07) is 12.1. The van der Waals surface area contributed by atoms with Gasteiger partial charge in [-0.15, -0.1) is 0 Å². The van der Waals surface area contributed by atoms with Gasteiger partial charge in [0.1, 0.15) is 5.82 Å². The SMILES string of the molecule is O=C(O)c1ccncc1NCC1NCCc2cc(-c3ccc(Cl)cc3F)ccc21. The second kappa shape index (κ2) is 8.19. The van der Waals surface area contributed by atoms with Crippen LogP contribution in [0.3, 0.4) is 0 Å². The van der Waals surface area contributed by atoms with E-state index in [2.05, 4.69) is 15.6 Å². The average molecular weight is 412 g/mol. The largest absolute Gasteiger partial charge is 0.478 e. The Morgan fingerprint density at radius 3 is 2.93 bits per heavy atom. The zero-order chi connectivity index (χ0) is 20.4. The summed E-state index contributed by atoms with van der Waals surface area (Å²) < 4.78 is 14.3. The molecule has 1 unspecified atom stereocenters. The molecule has 0 spiro atoms. The van der Waals surface area contributed by atoms with Crippen molar-refractivity contribution < 1.29 is 14.3 Å². The van der Waals surface area contributed by atoms with Gasteiger partial charge in [-0.05, 0) is 53.9 Å². The molecule has 148 valence electrons. The van der Waals surface area contributed by atoms with Gasteiger partial charge < -0.3 is 15.7 Å². The summed E-state index contributed by atoms with van der Waals surface area (Å²) in [6.07, 6.45) is 3.81. The molecule has 3 N–H and O–H groups in total. The van der Waals surface area contributed by atoms with E-state index in [1.165, 1.54) is 24.5 Å². The predicted octanol–water partition coefficient (Wildman–Crippen LogP) is 4.54. The van der Waals surface area contributed by atoms with Crippen molar-refractivity contribution in [2.75, 3.05) is 18.4 Å². The monoisotopic (exact) mass is 411 g/mol. The molecule has 5 nitrogen and oxygen atoms in total. The highest BCUT2D eigenvalue weighted by Crippen LogP contribution is 2.31. The van der Waals surface area contributed by atoms with Crippen molar-refractivity contribution in [1.82, 2.24) is 10.3 Å². The molecule has 0 saturated carbocycles. The minimum absolute atomic E-state index is 0.00437. The number of hydrogen-bond donors (Lipinski definition) is 3. The highest BCUT2D eigenvalue weighted by molar-refractivity contribution is 6.30. The maximum Gasteiger partial charge on any atom is 0.337 e. The molecule has 29 heavy (non-hydrogen) atoms. The van der Waals surface area contributed by atoms with Crippen molar-refractivity contribution in [3.8, 4) is 11.1 Å². The third-order valence-corrected chi connectivity index (χ3v) is 5.33. The van der Waals surface area contributed by atoms with Crippen molar-refractivity contribution in [1.29, 1.82) is 0 Å². The van der Waals surface area contributed by atoms with E-state index < -0.39 is 5.97 Å². The van der Waals surface area contributed by atoms with Gasteiger partial charge in [-0.25, -0.2) is 9.18 Å². The lowest BCUT2D eigenvalue weighted by molar-refractivity contribution is 0.0697. The molecule has 1 aliphatic heterocycles. The van der Waals surface area contributed by atoms with Crippen LogP contribution in [0.15, 0.2) is 54.9 Å². The third kappa shape index (κ3) is 4.09. The maximum atomic E-state index is 14.3. The van der Waals surface area contributed by atoms with Gasteiger partial charge in [0, 0.05) is 29.4 Å². The summed E-state index contributed by atoms with van der Waals surface area (Å²) in [5.74, 6) is -1.34. The van der Waals surface area contributed by atoms with E-state index in [-0.39, 0.29) is 17.4 Å². The number of carbonyl (C=O) groups is 1. The van der Waals surface area contributed by atoms with Crippen LogP contribution in [-0.2, 0) is 6.42 Å². The van der Waals surface area contributed by atoms with E-state index in [4.69, 9.17) is 11.6 Å². The van der Waals surface area contributed by atoms with Crippen LogP contribution in [-0.4, -0.2) is 29.1 Å². The first-order valence-electron chi connectivity index (χ1n) is 9.26. The van der Waals surface area contributed by atoms with E-state index in [0.29, 0.717) is 22.8 Å². The molecule has 2 aromatic carbocycles. The van der Waals surface area contributed by atoms with E-state index >= 15 is 0 Å². The summed E-state index contributed by atoms with van der Waals surface area (Å²) in [4.78, 5) is 15.4. The molecule has 0 radical (unpaired) electrons. The molecular weight excluding hydrogens is 393 g/mol. The Hall–Kier alpha value is -2.96. The molecule has 0 fully saturated rings. The van der Waals surface area contributed by atoms with Gasteiger partial charge in [-0.3, -0.25) is 4.98 Å². The molecule has 0 aliphatic carbocycles. The minimum Gasteiger partial charge on any atom is -0.478 e. The van der Waals surface area contributed by atoms with Crippen LogP contribution in [0, 0.1) is 5.82 Å². The minimum atomic E-state index is -0.999. The normalized spacial score (nSPS) is 15.6. The number of aromatic nitrogens is 1. The number of nitrogens with zero attached hydrogens (tertiary/aromatic N) is 1. The van der Waals surface area contributed by atoms with Gasteiger partial charge in [-0.2, -0.15) is 0 Å². The molecule has 4 rings (SSSR count). The van der Waals surface area contributed by atoms with Crippen LogP contribution < -0.4 is 10.6 Å². The van der Waals surface area contributed by atoms with Crippen molar-refractivity contribution in [2.45, 2.75) is 12.5 Å². The lowest BCUT2D eigenvalue weighted by Gasteiger charge is -2.28. The zero-order valence-corrected chi connectivity index (χ0v) is 16.2. The maximum absolute atomic E-state index is 14.3. The van der Waals surface area contributed by atoms with Crippen molar-refractivity contribution in [2.24, 2.45) is 0 Å². The topological polar surface area (TPSA) is 74.2 Å². The first-order chi connectivity index (χ1) is 14.0. The number of anilines is 1. The Kier molecular flexibility index (Phi) is 5.47. The van der Waals surface area contributed by atoms with Gasteiger partial charge >= 0.3 is 5.97 Å². The summed E-state index contributed by atoms with van der Waals surface area (Å²) in [7, 11) is 0. The molecule has 0 amide bonds. The predicted molar refractivity (Wildman–Crippen MR) is 111 cm³/mol. The summed E-state index contributed by atoms with van der Waals surface area (Å²) in [6.45, 7) is 1.29. The summed E-state index contributed by atoms with van der Waals surface area (Å²) in [5, 5.41) is 16.3.